The summed E-state index contributed by atoms with van der Waals surface area (Å²) < 4.78 is 37.4. The maximum atomic E-state index is 12.5. The highest BCUT2D eigenvalue weighted by Gasteiger charge is 2.31. The van der Waals surface area contributed by atoms with Gasteiger partial charge in [0, 0.05) is 12.6 Å². The summed E-state index contributed by atoms with van der Waals surface area (Å²) in [7, 11) is 0. The molecule has 0 heterocycles. The molecule has 0 bridgehead atoms. The molecule has 1 atom stereocenters. The number of halogens is 4. The van der Waals surface area contributed by atoms with Gasteiger partial charge in [-0.1, -0.05) is 17.7 Å². The van der Waals surface area contributed by atoms with Crippen LogP contribution in [-0.2, 0) is 0 Å². The first kappa shape index (κ1) is 16.1. The number of hydrogen-bond acceptors (Lipinski definition) is 3. The average Bonchev–Trinajstić information content (AvgIpc) is 2.26. The first-order valence-electron chi connectivity index (χ1n) is 5.72. The molecular weight excluding hydrogens is 281 g/mol. The first-order chi connectivity index (χ1) is 8.74. The van der Waals surface area contributed by atoms with Crippen molar-refractivity contribution in [3.8, 4) is 0 Å². The van der Waals surface area contributed by atoms with E-state index in [1.807, 2.05) is 0 Å². The fraction of sp³-hybridized carbons (Fsp3) is 0.500. The summed E-state index contributed by atoms with van der Waals surface area (Å²) in [5.74, 6) is 0. The Balaban J connectivity index is 3.02. The molecule has 0 spiro atoms. The minimum atomic E-state index is -4.36. The molecule has 0 amide bonds. The van der Waals surface area contributed by atoms with Crippen molar-refractivity contribution in [2.75, 3.05) is 24.6 Å². The Hall–Kier alpha value is -0.980. The van der Waals surface area contributed by atoms with Crippen molar-refractivity contribution in [3.63, 3.8) is 0 Å². The van der Waals surface area contributed by atoms with Crippen molar-refractivity contribution in [2.24, 2.45) is 5.73 Å². The highest BCUT2D eigenvalue weighted by Crippen LogP contribution is 2.30. The van der Waals surface area contributed by atoms with E-state index in [4.69, 9.17) is 22.4 Å². The predicted octanol–water partition coefficient (Wildman–Crippen LogP) is 2.72. The van der Waals surface area contributed by atoms with Crippen LogP contribution >= 0.6 is 11.6 Å². The van der Waals surface area contributed by atoms with E-state index in [1.54, 1.807) is 19.1 Å². The Kier molecular flexibility index (Phi) is 5.46. The van der Waals surface area contributed by atoms with Gasteiger partial charge in [0.25, 0.3) is 0 Å². The molecule has 0 aliphatic heterocycles. The van der Waals surface area contributed by atoms with E-state index in [1.165, 1.54) is 6.07 Å². The second-order valence-corrected chi connectivity index (χ2v) is 4.67. The van der Waals surface area contributed by atoms with E-state index in [-0.39, 0.29) is 29.9 Å². The van der Waals surface area contributed by atoms with Crippen LogP contribution in [0, 0.1) is 0 Å². The number of benzene rings is 1. The zero-order valence-electron chi connectivity index (χ0n) is 10.4. The number of rotatable bonds is 5. The monoisotopic (exact) mass is 296 g/mol. The Morgan fingerprint density at radius 2 is 2.05 bits per heavy atom. The van der Waals surface area contributed by atoms with E-state index < -0.39 is 12.7 Å². The van der Waals surface area contributed by atoms with Gasteiger partial charge in [-0.3, -0.25) is 0 Å². The van der Waals surface area contributed by atoms with Gasteiger partial charge < -0.3 is 15.7 Å². The topological polar surface area (TPSA) is 49.5 Å². The van der Waals surface area contributed by atoms with Gasteiger partial charge in [-0.25, -0.2) is 0 Å². The standard InChI is InChI=1S/C12H16ClF3N2O/c1-8(17)9-2-3-11(10(13)6-9)18(4-5-19)7-12(14,15)16/h2-3,6,8,19H,4-5,7,17H2,1H3/t8-/m1/s1. The Morgan fingerprint density at radius 1 is 1.42 bits per heavy atom. The first-order valence-corrected chi connectivity index (χ1v) is 6.10. The van der Waals surface area contributed by atoms with Gasteiger partial charge >= 0.3 is 6.18 Å². The fourth-order valence-corrected chi connectivity index (χ4v) is 1.99. The molecule has 7 heteroatoms. The van der Waals surface area contributed by atoms with E-state index >= 15 is 0 Å². The molecule has 0 aliphatic carbocycles. The highest BCUT2D eigenvalue weighted by atomic mass is 35.5. The molecule has 3 N–H and O–H groups in total. The smallest absolute Gasteiger partial charge is 0.395 e. The van der Waals surface area contributed by atoms with Crippen LogP contribution in [-0.4, -0.2) is 31.0 Å². The molecule has 0 saturated carbocycles. The number of alkyl halides is 3. The number of aliphatic hydroxyl groups is 1. The van der Waals surface area contributed by atoms with Gasteiger partial charge in [-0.05, 0) is 24.6 Å². The van der Waals surface area contributed by atoms with Crippen molar-refractivity contribution in [1.82, 2.24) is 0 Å². The van der Waals surface area contributed by atoms with Crippen LogP contribution in [0.3, 0.4) is 0 Å². The molecular formula is C12H16ClF3N2O. The van der Waals surface area contributed by atoms with E-state index in [0.29, 0.717) is 0 Å². The van der Waals surface area contributed by atoms with Gasteiger partial charge in [-0.2, -0.15) is 13.2 Å². The van der Waals surface area contributed by atoms with Gasteiger partial charge in [-0.15, -0.1) is 0 Å². The molecule has 108 valence electrons. The van der Waals surface area contributed by atoms with Crippen molar-refractivity contribution in [3.05, 3.63) is 28.8 Å². The van der Waals surface area contributed by atoms with Gasteiger partial charge in [0.15, 0.2) is 0 Å². The lowest BCUT2D eigenvalue weighted by molar-refractivity contribution is -0.119. The van der Waals surface area contributed by atoms with E-state index in [9.17, 15) is 13.2 Å². The van der Waals surface area contributed by atoms with E-state index in [0.717, 1.165) is 10.5 Å². The molecule has 0 aromatic heterocycles. The molecule has 1 aromatic rings. The normalized spacial score (nSPS) is 13.4. The second kappa shape index (κ2) is 6.45. The Morgan fingerprint density at radius 3 is 2.47 bits per heavy atom. The van der Waals surface area contributed by atoms with Crippen molar-refractivity contribution in [2.45, 2.75) is 19.1 Å². The third kappa shape index (κ3) is 4.89. The lowest BCUT2D eigenvalue weighted by atomic mass is 10.1. The molecule has 19 heavy (non-hydrogen) atoms. The minimum Gasteiger partial charge on any atom is -0.395 e. The number of anilines is 1. The van der Waals surface area contributed by atoms with Crippen LogP contribution in [0.15, 0.2) is 18.2 Å². The fourth-order valence-electron chi connectivity index (χ4n) is 1.68. The molecule has 0 radical (unpaired) electrons. The van der Waals surface area contributed by atoms with Crippen LogP contribution < -0.4 is 10.6 Å². The van der Waals surface area contributed by atoms with Crippen LogP contribution in [0.4, 0.5) is 18.9 Å². The zero-order chi connectivity index (χ0) is 14.6. The summed E-state index contributed by atoms with van der Waals surface area (Å²) in [5.41, 5.74) is 6.65. The molecule has 1 rings (SSSR count). The minimum absolute atomic E-state index is 0.142. The molecule has 1 aromatic carbocycles. The molecule has 0 fully saturated rings. The maximum absolute atomic E-state index is 12.5. The lowest BCUT2D eigenvalue weighted by Gasteiger charge is -2.26. The second-order valence-electron chi connectivity index (χ2n) is 4.26. The summed E-state index contributed by atoms with van der Waals surface area (Å²) >= 11 is 5.99. The zero-order valence-corrected chi connectivity index (χ0v) is 11.2. The summed E-state index contributed by atoms with van der Waals surface area (Å²) in [6.45, 7) is 0.0650. The largest absolute Gasteiger partial charge is 0.405 e. The van der Waals surface area contributed by atoms with Crippen LogP contribution in [0.2, 0.25) is 5.02 Å². The van der Waals surface area contributed by atoms with Crippen LogP contribution in [0.5, 0.6) is 0 Å². The third-order valence-corrected chi connectivity index (χ3v) is 2.88. The summed E-state index contributed by atoms with van der Waals surface area (Å²) in [5, 5.41) is 9.04. The molecule has 0 aliphatic rings. The molecule has 0 unspecified atom stereocenters. The van der Waals surface area contributed by atoms with Crippen LogP contribution in [0.1, 0.15) is 18.5 Å². The number of nitrogens with zero attached hydrogens (tertiary/aromatic N) is 1. The Labute approximate surface area is 114 Å². The van der Waals surface area contributed by atoms with Gasteiger partial charge in [0.05, 0.1) is 17.3 Å². The van der Waals surface area contributed by atoms with Gasteiger partial charge in [0.2, 0.25) is 0 Å². The highest BCUT2D eigenvalue weighted by molar-refractivity contribution is 6.33. The number of hydrogen-bond donors (Lipinski definition) is 2. The van der Waals surface area contributed by atoms with Crippen LogP contribution in [0.25, 0.3) is 0 Å². The third-order valence-electron chi connectivity index (χ3n) is 2.58. The maximum Gasteiger partial charge on any atom is 0.405 e. The average molecular weight is 297 g/mol. The molecule has 3 nitrogen and oxygen atoms in total. The lowest BCUT2D eigenvalue weighted by Crippen LogP contribution is -2.36. The molecule has 0 saturated heterocycles. The van der Waals surface area contributed by atoms with Crippen molar-refractivity contribution in [1.29, 1.82) is 0 Å². The Bertz CT molecular complexity index is 424. The number of nitrogens with two attached hydrogens (primary N) is 1. The van der Waals surface area contributed by atoms with E-state index in [2.05, 4.69) is 0 Å². The summed E-state index contributed by atoms with van der Waals surface area (Å²) in [6, 6.07) is 4.41. The summed E-state index contributed by atoms with van der Waals surface area (Å²) in [4.78, 5) is 0.993. The predicted molar refractivity (Wildman–Crippen MR) is 69.4 cm³/mol. The summed E-state index contributed by atoms with van der Waals surface area (Å²) in [6.07, 6.45) is -4.36. The van der Waals surface area contributed by atoms with Gasteiger partial charge in [0.1, 0.15) is 6.54 Å². The van der Waals surface area contributed by atoms with Crippen molar-refractivity contribution >= 4 is 17.3 Å². The van der Waals surface area contributed by atoms with Crippen molar-refractivity contribution < 1.29 is 18.3 Å². The quantitative estimate of drug-likeness (QED) is 0.878. The SMILES string of the molecule is C[C@@H](N)c1ccc(N(CCO)CC(F)(F)F)c(Cl)c1. The number of aliphatic hydroxyl groups excluding tert-OH is 1.